The van der Waals surface area contributed by atoms with E-state index in [1.54, 1.807) is 24.3 Å². The number of piperazine rings is 1. The molecule has 0 atom stereocenters. The highest BCUT2D eigenvalue weighted by Gasteiger charge is 2.27. The molecule has 0 saturated carbocycles. The highest BCUT2D eigenvalue weighted by molar-refractivity contribution is 7.89. The van der Waals surface area contributed by atoms with Crippen LogP contribution in [0.5, 0.6) is 0 Å². The summed E-state index contributed by atoms with van der Waals surface area (Å²) in [5.41, 5.74) is 0.564. The predicted octanol–water partition coefficient (Wildman–Crippen LogP) is 1.25. The number of likely N-dealkylation sites (tertiary alicyclic amines) is 1. The van der Waals surface area contributed by atoms with Gasteiger partial charge in [0.25, 0.3) is 5.91 Å². The number of sulfonamides is 1. The van der Waals surface area contributed by atoms with Crippen molar-refractivity contribution >= 4 is 15.9 Å². The number of carbonyl (C=O) groups is 1. The number of nitrogens with zero attached hydrogens (tertiary/aromatic N) is 3. The van der Waals surface area contributed by atoms with Crippen molar-refractivity contribution in [3.05, 3.63) is 29.8 Å². The minimum absolute atomic E-state index is 0.00162. The second kappa shape index (κ2) is 7.21. The lowest BCUT2D eigenvalue weighted by molar-refractivity contribution is 0.0724. The third kappa shape index (κ3) is 3.63. The van der Waals surface area contributed by atoms with Gasteiger partial charge in [0, 0.05) is 44.8 Å². The second-order valence-electron chi connectivity index (χ2n) is 6.58. The zero-order valence-corrected chi connectivity index (χ0v) is 15.0. The van der Waals surface area contributed by atoms with Crippen molar-refractivity contribution in [1.82, 2.24) is 14.1 Å². The van der Waals surface area contributed by atoms with Gasteiger partial charge in [-0.1, -0.05) is 0 Å². The van der Waals surface area contributed by atoms with Gasteiger partial charge in [-0.2, -0.15) is 4.31 Å². The summed E-state index contributed by atoms with van der Waals surface area (Å²) in [6, 6.07) is 6.40. The molecule has 7 heteroatoms. The van der Waals surface area contributed by atoms with E-state index >= 15 is 0 Å². The minimum atomic E-state index is -3.47. The number of benzene rings is 1. The molecule has 1 aromatic rings. The number of likely N-dealkylation sites (N-methyl/N-ethyl adjacent to an activating group) is 1. The Kier molecular flexibility index (Phi) is 5.22. The van der Waals surface area contributed by atoms with Gasteiger partial charge in [0.2, 0.25) is 10.0 Å². The smallest absolute Gasteiger partial charge is 0.253 e. The molecule has 0 aliphatic carbocycles. The fraction of sp³-hybridized carbons (Fsp3) is 0.588. The number of carbonyl (C=O) groups excluding carboxylic acids is 1. The van der Waals surface area contributed by atoms with Crippen molar-refractivity contribution in [3.63, 3.8) is 0 Å². The minimum Gasteiger partial charge on any atom is -0.339 e. The van der Waals surface area contributed by atoms with Gasteiger partial charge in [-0.25, -0.2) is 8.42 Å². The molecular formula is C17H25N3O3S. The van der Waals surface area contributed by atoms with Crippen LogP contribution in [0.15, 0.2) is 29.2 Å². The summed E-state index contributed by atoms with van der Waals surface area (Å²) in [5, 5.41) is 0. The van der Waals surface area contributed by atoms with E-state index in [2.05, 4.69) is 4.90 Å². The highest BCUT2D eigenvalue weighted by atomic mass is 32.2. The SMILES string of the molecule is CN1CCN(S(=O)(=O)c2ccc(C(=O)N3CCCCC3)cc2)CC1. The molecule has 3 rings (SSSR count). The van der Waals surface area contributed by atoms with Crippen LogP contribution in [0.1, 0.15) is 29.6 Å². The molecule has 0 aromatic heterocycles. The van der Waals surface area contributed by atoms with Crippen molar-refractivity contribution in [3.8, 4) is 0 Å². The molecule has 2 heterocycles. The lowest BCUT2D eigenvalue weighted by atomic mass is 10.1. The Hall–Kier alpha value is -1.44. The van der Waals surface area contributed by atoms with E-state index in [4.69, 9.17) is 0 Å². The number of amides is 1. The van der Waals surface area contributed by atoms with Crippen molar-refractivity contribution in [2.75, 3.05) is 46.3 Å². The Morgan fingerprint density at radius 3 is 2.04 bits per heavy atom. The molecule has 132 valence electrons. The molecule has 6 nitrogen and oxygen atoms in total. The van der Waals surface area contributed by atoms with Gasteiger partial charge in [0.05, 0.1) is 4.90 Å². The van der Waals surface area contributed by atoms with E-state index in [9.17, 15) is 13.2 Å². The number of hydrogen-bond acceptors (Lipinski definition) is 4. The molecule has 0 unspecified atom stereocenters. The van der Waals surface area contributed by atoms with Crippen molar-refractivity contribution in [1.29, 1.82) is 0 Å². The average molecular weight is 351 g/mol. The zero-order chi connectivity index (χ0) is 17.2. The molecular weight excluding hydrogens is 326 g/mol. The largest absolute Gasteiger partial charge is 0.339 e. The second-order valence-corrected chi connectivity index (χ2v) is 8.52. The number of piperidine rings is 1. The summed E-state index contributed by atoms with van der Waals surface area (Å²) in [5.74, 6) is -0.00162. The van der Waals surface area contributed by atoms with Crippen LogP contribution in [0, 0.1) is 0 Å². The maximum absolute atomic E-state index is 12.7. The van der Waals surface area contributed by atoms with E-state index < -0.39 is 10.0 Å². The number of rotatable bonds is 3. The Labute approximate surface area is 144 Å². The molecule has 0 spiro atoms. The first-order valence-corrected chi connectivity index (χ1v) is 10.0. The third-order valence-corrected chi connectivity index (χ3v) is 6.76. The Morgan fingerprint density at radius 1 is 0.875 bits per heavy atom. The van der Waals surface area contributed by atoms with Crippen LogP contribution in [0.4, 0.5) is 0 Å². The summed E-state index contributed by atoms with van der Waals surface area (Å²) in [6.45, 7) is 4.08. The summed E-state index contributed by atoms with van der Waals surface area (Å²) >= 11 is 0. The molecule has 1 amide bonds. The van der Waals surface area contributed by atoms with Gasteiger partial charge < -0.3 is 9.80 Å². The quantitative estimate of drug-likeness (QED) is 0.822. The first kappa shape index (κ1) is 17.4. The van der Waals surface area contributed by atoms with Crippen LogP contribution in [0.25, 0.3) is 0 Å². The maximum atomic E-state index is 12.7. The summed E-state index contributed by atoms with van der Waals surface area (Å²) in [4.78, 5) is 16.7. The third-order valence-electron chi connectivity index (χ3n) is 4.84. The van der Waals surface area contributed by atoms with E-state index in [1.165, 1.54) is 10.7 Å². The standard InChI is InChI=1S/C17H25N3O3S/c1-18-11-13-20(14-12-18)24(22,23)16-7-5-15(6-8-16)17(21)19-9-3-2-4-10-19/h5-8H,2-4,9-14H2,1H3. The van der Waals surface area contributed by atoms with Gasteiger partial charge in [0.15, 0.2) is 0 Å². The zero-order valence-electron chi connectivity index (χ0n) is 14.1. The Morgan fingerprint density at radius 2 is 1.46 bits per heavy atom. The van der Waals surface area contributed by atoms with E-state index in [1.807, 2.05) is 11.9 Å². The van der Waals surface area contributed by atoms with Gasteiger partial charge in [-0.15, -0.1) is 0 Å². The summed E-state index contributed by atoms with van der Waals surface area (Å²) < 4.78 is 26.9. The number of hydrogen-bond donors (Lipinski definition) is 0. The normalized spacial score (nSPS) is 21.0. The molecule has 24 heavy (non-hydrogen) atoms. The monoisotopic (exact) mass is 351 g/mol. The Bertz CT molecular complexity index is 674. The summed E-state index contributed by atoms with van der Waals surface area (Å²) in [7, 11) is -1.48. The molecule has 2 aliphatic heterocycles. The van der Waals surface area contributed by atoms with Gasteiger partial charge >= 0.3 is 0 Å². The van der Waals surface area contributed by atoms with Crippen LogP contribution in [-0.4, -0.2) is 74.7 Å². The lowest BCUT2D eigenvalue weighted by Crippen LogP contribution is -2.47. The van der Waals surface area contributed by atoms with Crippen molar-refractivity contribution in [2.45, 2.75) is 24.2 Å². The fourth-order valence-corrected chi connectivity index (χ4v) is 4.65. The van der Waals surface area contributed by atoms with Crippen LogP contribution in [0.3, 0.4) is 0 Å². The lowest BCUT2D eigenvalue weighted by Gasteiger charge is -2.31. The highest BCUT2D eigenvalue weighted by Crippen LogP contribution is 2.19. The van der Waals surface area contributed by atoms with Crippen molar-refractivity contribution in [2.24, 2.45) is 0 Å². The molecule has 0 radical (unpaired) electrons. The van der Waals surface area contributed by atoms with E-state index in [-0.39, 0.29) is 10.8 Å². The first-order valence-electron chi connectivity index (χ1n) is 8.56. The average Bonchev–Trinajstić information content (AvgIpc) is 2.62. The first-order chi connectivity index (χ1) is 11.5. The van der Waals surface area contributed by atoms with Crippen LogP contribution in [0.2, 0.25) is 0 Å². The summed E-state index contributed by atoms with van der Waals surface area (Å²) in [6.07, 6.45) is 3.26. The van der Waals surface area contributed by atoms with E-state index in [0.29, 0.717) is 18.7 Å². The fourth-order valence-electron chi connectivity index (χ4n) is 3.23. The molecule has 2 saturated heterocycles. The van der Waals surface area contributed by atoms with Crippen LogP contribution >= 0.6 is 0 Å². The van der Waals surface area contributed by atoms with Gasteiger partial charge in [-0.3, -0.25) is 4.79 Å². The van der Waals surface area contributed by atoms with E-state index in [0.717, 1.165) is 39.0 Å². The molecule has 0 N–H and O–H groups in total. The van der Waals surface area contributed by atoms with Crippen LogP contribution < -0.4 is 0 Å². The molecule has 2 aliphatic rings. The topological polar surface area (TPSA) is 60.9 Å². The van der Waals surface area contributed by atoms with Crippen molar-refractivity contribution < 1.29 is 13.2 Å². The molecule has 1 aromatic carbocycles. The van der Waals surface area contributed by atoms with Gasteiger partial charge in [-0.05, 0) is 50.6 Å². The molecule has 0 bridgehead atoms. The van der Waals surface area contributed by atoms with Gasteiger partial charge in [0.1, 0.15) is 0 Å². The molecule has 2 fully saturated rings. The van der Waals surface area contributed by atoms with Crippen LogP contribution in [-0.2, 0) is 10.0 Å². The Balaban J connectivity index is 1.72. The predicted molar refractivity (Wildman–Crippen MR) is 92.5 cm³/mol. The maximum Gasteiger partial charge on any atom is 0.253 e.